The number of halogens is 1. The maximum absolute atomic E-state index is 14.0. The van der Waals surface area contributed by atoms with Crippen molar-refractivity contribution in [3.63, 3.8) is 0 Å². The number of anilines is 1. The number of benzene rings is 1. The average molecular weight is 377 g/mol. The van der Waals surface area contributed by atoms with Crippen molar-refractivity contribution in [2.45, 2.75) is 32.1 Å². The summed E-state index contributed by atoms with van der Waals surface area (Å²) in [5.41, 5.74) is 3.51. The first-order valence-corrected chi connectivity index (χ1v) is 9.26. The highest BCUT2D eigenvalue weighted by Gasteiger charge is 2.38. The van der Waals surface area contributed by atoms with E-state index in [9.17, 15) is 14.0 Å². The highest BCUT2D eigenvalue weighted by atomic mass is 19.1. The second-order valence-electron chi connectivity index (χ2n) is 6.98. The zero-order valence-corrected chi connectivity index (χ0v) is 15.5. The van der Waals surface area contributed by atoms with Gasteiger partial charge in [0.15, 0.2) is 5.78 Å². The van der Waals surface area contributed by atoms with Gasteiger partial charge in [-0.3, -0.25) is 14.6 Å². The molecule has 2 N–H and O–H groups in total. The largest absolute Gasteiger partial charge is 0.362 e. The third-order valence-electron chi connectivity index (χ3n) is 5.18. The molecule has 0 spiro atoms. The van der Waals surface area contributed by atoms with Crippen molar-refractivity contribution in [1.29, 1.82) is 0 Å². The number of hydrogen-bond acceptors (Lipinski definition) is 4. The van der Waals surface area contributed by atoms with Crippen LogP contribution in [0.4, 0.5) is 10.1 Å². The third kappa shape index (κ3) is 3.22. The molecule has 2 aliphatic rings. The van der Waals surface area contributed by atoms with Crippen molar-refractivity contribution < 1.29 is 14.0 Å². The highest BCUT2D eigenvalue weighted by molar-refractivity contribution is 6.09. The van der Waals surface area contributed by atoms with E-state index >= 15 is 0 Å². The number of hydrogen-bond donors (Lipinski definition) is 2. The second-order valence-corrected chi connectivity index (χ2v) is 6.98. The molecular weight excluding hydrogens is 357 g/mol. The van der Waals surface area contributed by atoms with Gasteiger partial charge in [-0.15, -0.1) is 0 Å². The molecular formula is C22H20FN3O2. The second kappa shape index (κ2) is 7.38. The van der Waals surface area contributed by atoms with Gasteiger partial charge < -0.3 is 10.6 Å². The number of rotatable bonds is 3. The lowest BCUT2D eigenvalue weighted by Gasteiger charge is -2.34. The molecule has 0 fully saturated rings. The number of para-hydroxylation sites is 1. The molecule has 0 saturated heterocycles. The Balaban J connectivity index is 1.79. The van der Waals surface area contributed by atoms with Crippen LogP contribution in [-0.2, 0) is 9.59 Å². The Morgan fingerprint density at radius 2 is 1.93 bits per heavy atom. The molecule has 1 aliphatic carbocycles. The Kier molecular flexibility index (Phi) is 4.77. The molecule has 0 radical (unpaired) electrons. The number of amides is 1. The zero-order chi connectivity index (χ0) is 19.7. The average Bonchev–Trinajstić information content (AvgIpc) is 2.69. The molecule has 4 rings (SSSR count). The van der Waals surface area contributed by atoms with Crippen LogP contribution in [0.1, 0.15) is 37.7 Å². The van der Waals surface area contributed by atoms with Gasteiger partial charge in [-0.25, -0.2) is 4.39 Å². The standard InChI is InChI=1S/C22H20FN3O2/c1-13-19(22(28)26-16-6-3-2-5-15(16)23)20(14-9-11-24-12-10-14)21-17(25-13)7-4-8-18(21)27/h2-3,5-6,9-12,20,25H,4,7-8H2,1H3,(H,26,28). The molecule has 1 aromatic carbocycles. The van der Waals surface area contributed by atoms with E-state index in [1.54, 1.807) is 24.5 Å². The lowest BCUT2D eigenvalue weighted by atomic mass is 9.75. The van der Waals surface area contributed by atoms with Gasteiger partial charge in [0.25, 0.3) is 5.91 Å². The van der Waals surface area contributed by atoms with Crippen molar-refractivity contribution in [1.82, 2.24) is 10.3 Å². The van der Waals surface area contributed by atoms with E-state index in [1.807, 2.05) is 19.1 Å². The first-order chi connectivity index (χ1) is 13.6. The summed E-state index contributed by atoms with van der Waals surface area (Å²) in [5, 5.41) is 5.91. The van der Waals surface area contributed by atoms with E-state index in [-0.39, 0.29) is 11.5 Å². The quantitative estimate of drug-likeness (QED) is 0.853. The van der Waals surface area contributed by atoms with Crippen LogP contribution >= 0.6 is 0 Å². The summed E-state index contributed by atoms with van der Waals surface area (Å²) in [6.45, 7) is 1.81. The number of nitrogens with one attached hydrogen (secondary N) is 2. The fraction of sp³-hybridized carbons (Fsp3) is 0.227. The van der Waals surface area contributed by atoms with Gasteiger partial charge in [-0.05, 0) is 49.6 Å². The van der Waals surface area contributed by atoms with Gasteiger partial charge in [0.2, 0.25) is 0 Å². The number of carbonyl (C=O) groups excluding carboxylic acids is 2. The van der Waals surface area contributed by atoms with Gasteiger partial charge >= 0.3 is 0 Å². The molecule has 2 heterocycles. The summed E-state index contributed by atoms with van der Waals surface area (Å²) in [7, 11) is 0. The lowest BCUT2D eigenvalue weighted by Crippen LogP contribution is -2.35. The van der Waals surface area contributed by atoms with Crippen molar-refractivity contribution >= 4 is 17.4 Å². The smallest absolute Gasteiger partial charge is 0.254 e. The van der Waals surface area contributed by atoms with Crippen molar-refractivity contribution in [2.24, 2.45) is 0 Å². The lowest BCUT2D eigenvalue weighted by molar-refractivity contribution is -0.116. The Hall–Kier alpha value is -3.28. The highest BCUT2D eigenvalue weighted by Crippen LogP contribution is 2.42. The number of allylic oxidation sites excluding steroid dienone is 3. The van der Waals surface area contributed by atoms with Crippen molar-refractivity contribution in [2.75, 3.05) is 5.32 Å². The monoisotopic (exact) mass is 377 g/mol. The van der Waals surface area contributed by atoms with Crippen LogP contribution < -0.4 is 10.6 Å². The number of nitrogens with zero attached hydrogens (tertiary/aromatic N) is 1. The van der Waals surface area contributed by atoms with Gasteiger partial charge in [0.1, 0.15) is 5.82 Å². The number of ketones is 1. The van der Waals surface area contributed by atoms with Crippen LogP contribution in [0.5, 0.6) is 0 Å². The molecule has 142 valence electrons. The fourth-order valence-electron chi connectivity index (χ4n) is 3.93. The molecule has 6 heteroatoms. The molecule has 0 bridgehead atoms. The van der Waals surface area contributed by atoms with E-state index < -0.39 is 17.6 Å². The predicted octanol–water partition coefficient (Wildman–Crippen LogP) is 3.83. The number of Topliss-reactive ketones (excluding diaryl/α,β-unsaturated/α-hetero) is 1. The maximum Gasteiger partial charge on any atom is 0.254 e. The normalized spacial score (nSPS) is 19.2. The molecule has 1 amide bonds. The molecule has 0 saturated carbocycles. The fourth-order valence-corrected chi connectivity index (χ4v) is 3.93. The topological polar surface area (TPSA) is 71.1 Å². The maximum atomic E-state index is 14.0. The minimum atomic E-state index is -0.507. The molecule has 1 atom stereocenters. The number of aromatic nitrogens is 1. The Morgan fingerprint density at radius 1 is 1.18 bits per heavy atom. The van der Waals surface area contributed by atoms with Crippen LogP contribution in [-0.4, -0.2) is 16.7 Å². The zero-order valence-electron chi connectivity index (χ0n) is 15.5. The van der Waals surface area contributed by atoms with Crippen LogP contribution in [0.3, 0.4) is 0 Å². The van der Waals surface area contributed by atoms with Gasteiger partial charge in [-0.1, -0.05) is 12.1 Å². The van der Waals surface area contributed by atoms with E-state index in [1.165, 1.54) is 12.1 Å². The van der Waals surface area contributed by atoms with Crippen molar-refractivity contribution in [3.8, 4) is 0 Å². The number of carbonyl (C=O) groups is 2. The van der Waals surface area contributed by atoms with Crippen LogP contribution in [0.15, 0.2) is 71.3 Å². The van der Waals surface area contributed by atoms with Gasteiger partial charge in [0, 0.05) is 47.3 Å². The Bertz CT molecular complexity index is 1010. The van der Waals surface area contributed by atoms with Crippen LogP contribution in [0.2, 0.25) is 0 Å². The Morgan fingerprint density at radius 3 is 2.68 bits per heavy atom. The minimum absolute atomic E-state index is 0.0410. The van der Waals surface area contributed by atoms with E-state index in [2.05, 4.69) is 15.6 Å². The molecule has 2 aromatic rings. The summed E-state index contributed by atoms with van der Waals surface area (Å²) in [6.07, 6.45) is 5.31. The minimum Gasteiger partial charge on any atom is -0.362 e. The first kappa shape index (κ1) is 18.1. The molecule has 1 aliphatic heterocycles. The summed E-state index contributed by atoms with van der Waals surface area (Å²) >= 11 is 0. The predicted molar refractivity (Wildman–Crippen MR) is 104 cm³/mol. The number of pyridine rings is 1. The van der Waals surface area contributed by atoms with Crippen LogP contribution in [0.25, 0.3) is 0 Å². The summed E-state index contributed by atoms with van der Waals surface area (Å²) < 4.78 is 14.0. The summed E-state index contributed by atoms with van der Waals surface area (Å²) in [5.74, 6) is -1.40. The molecule has 5 nitrogen and oxygen atoms in total. The number of dihydropyridines is 1. The van der Waals surface area contributed by atoms with E-state index in [4.69, 9.17) is 0 Å². The third-order valence-corrected chi connectivity index (χ3v) is 5.18. The van der Waals surface area contributed by atoms with Gasteiger partial charge in [-0.2, -0.15) is 0 Å². The van der Waals surface area contributed by atoms with E-state index in [0.717, 1.165) is 24.1 Å². The summed E-state index contributed by atoms with van der Waals surface area (Å²) in [6, 6.07) is 9.65. The van der Waals surface area contributed by atoms with Gasteiger partial charge in [0.05, 0.1) is 5.69 Å². The molecule has 28 heavy (non-hydrogen) atoms. The first-order valence-electron chi connectivity index (χ1n) is 9.26. The molecule has 1 aromatic heterocycles. The summed E-state index contributed by atoms with van der Waals surface area (Å²) in [4.78, 5) is 30.0. The van der Waals surface area contributed by atoms with Crippen molar-refractivity contribution in [3.05, 3.63) is 82.7 Å². The SMILES string of the molecule is CC1=C(C(=O)Nc2ccccc2F)C(c2ccncc2)C2=C(CCCC2=O)N1. The molecule has 1 unspecified atom stereocenters. The van der Waals surface area contributed by atoms with Crippen LogP contribution in [0, 0.1) is 5.82 Å². The Labute approximate surface area is 162 Å². The van der Waals surface area contributed by atoms with E-state index in [0.29, 0.717) is 23.3 Å².